The van der Waals surface area contributed by atoms with Crippen LogP contribution in [0.15, 0.2) is 20.9 Å². The van der Waals surface area contributed by atoms with Gasteiger partial charge in [0.25, 0.3) is 0 Å². The normalized spacial score (nSPS) is 16.2. The highest BCUT2D eigenvalue weighted by molar-refractivity contribution is 8.00. The Morgan fingerprint density at radius 2 is 2.38 bits per heavy atom. The minimum Gasteiger partial charge on any atom is -0.450 e. The summed E-state index contributed by atoms with van der Waals surface area (Å²) in [6.07, 6.45) is 4.27. The van der Waals surface area contributed by atoms with Crippen molar-refractivity contribution < 1.29 is 9.53 Å². The minimum atomic E-state index is -0.227. The van der Waals surface area contributed by atoms with Crippen molar-refractivity contribution in [2.45, 2.75) is 36.6 Å². The molecule has 9 heteroatoms. The summed E-state index contributed by atoms with van der Waals surface area (Å²) in [7, 11) is 0. The third-order valence-electron chi connectivity index (χ3n) is 3.59. The van der Waals surface area contributed by atoms with Crippen LogP contribution in [-0.2, 0) is 4.74 Å². The number of carbonyl (C=O) groups is 1. The van der Waals surface area contributed by atoms with Crippen molar-refractivity contribution in [2.75, 3.05) is 32.0 Å². The van der Waals surface area contributed by atoms with Gasteiger partial charge in [0.15, 0.2) is 5.96 Å². The molecule has 1 amide bonds. The number of aliphatic imine (C=N–C) groups is 1. The first-order valence-electron chi connectivity index (χ1n) is 8.19. The lowest BCUT2D eigenvalue weighted by atomic mass is 10.1. The van der Waals surface area contributed by atoms with Gasteiger partial charge >= 0.3 is 6.09 Å². The molecular weight excluding hydrogens is 346 g/mol. The van der Waals surface area contributed by atoms with Crippen molar-refractivity contribution in [2.24, 2.45) is 10.7 Å². The Morgan fingerprint density at radius 3 is 3.04 bits per heavy atom. The number of rotatable bonds is 7. The molecule has 0 atom stereocenters. The zero-order valence-corrected chi connectivity index (χ0v) is 15.6. The average Bonchev–Trinajstić information content (AvgIpc) is 3.09. The Balaban J connectivity index is 1.58. The lowest BCUT2D eigenvalue weighted by molar-refractivity contribution is 0.0963. The maximum atomic E-state index is 11.6. The number of piperidine rings is 1. The van der Waals surface area contributed by atoms with E-state index in [0.29, 0.717) is 32.2 Å². The summed E-state index contributed by atoms with van der Waals surface area (Å²) in [5, 5.41) is 5.23. The number of hydrogen-bond donors (Lipinski definition) is 2. The van der Waals surface area contributed by atoms with Crippen LogP contribution in [0.5, 0.6) is 0 Å². The first kappa shape index (κ1) is 18.9. The summed E-state index contributed by atoms with van der Waals surface area (Å²) >= 11 is 3.41. The quantitative estimate of drug-likeness (QED) is 0.330. The summed E-state index contributed by atoms with van der Waals surface area (Å²) < 4.78 is 6.11. The number of hydrogen-bond acceptors (Lipinski definition) is 6. The molecule has 24 heavy (non-hydrogen) atoms. The van der Waals surface area contributed by atoms with Crippen LogP contribution in [0.2, 0.25) is 0 Å². The van der Waals surface area contributed by atoms with Gasteiger partial charge in [-0.2, -0.15) is 0 Å². The number of ether oxygens (including phenoxy) is 1. The molecule has 0 aliphatic carbocycles. The molecule has 1 saturated heterocycles. The zero-order chi connectivity index (χ0) is 17.2. The molecule has 7 nitrogen and oxygen atoms in total. The van der Waals surface area contributed by atoms with Gasteiger partial charge < -0.3 is 20.7 Å². The highest BCUT2D eigenvalue weighted by atomic mass is 32.2. The van der Waals surface area contributed by atoms with Crippen molar-refractivity contribution in [1.29, 1.82) is 0 Å². The van der Waals surface area contributed by atoms with Crippen LogP contribution < -0.4 is 11.1 Å². The van der Waals surface area contributed by atoms with Gasteiger partial charge in [-0.05, 0) is 26.2 Å². The predicted octanol–water partition coefficient (Wildman–Crippen LogP) is 2.15. The number of aromatic nitrogens is 1. The fourth-order valence-corrected chi connectivity index (χ4v) is 4.01. The van der Waals surface area contributed by atoms with Gasteiger partial charge in [0.05, 0.1) is 6.61 Å². The van der Waals surface area contributed by atoms with E-state index in [1.54, 1.807) is 28.0 Å². The summed E-state index contributed by atoms with van der Waals surface area (Å²) in [6, 6.07) is 0.268. The molecule has 2 heterocycles. The van der Waals surface area contributed by atoms with Gasteiger partial charge in [0.1, 0.15) is 4.34 Å². The lowest BCUT2D eigenvalue weighted by Crippen LogP contribution is -2.48. The molecule has 1 aliphatic rings. The number of nitrogens with two attached hydrogens (primary N) is 1. The maximum Gasteiger partial charge on any atom is 0.409 e. The molecule has 0 saturated carbocycles. The molecule has 1 aliphatic heterocycles. The van der Waals surface area contributed by atoms with Crippen LogP contribution >= 0.6 is 23.1 Å². The number of likely N-dealkylation sites (tertiary alicyclic amines) is 1. The summed E-state index contributed by atoms with van der Waals surface area (Å²) in [4.78, 5) is 22.0. The van der Waals surface area contributed by atoms with Crippen molar-refractivity contribution in [3.8, 4) is 0 Å². The van der Waals surface area contributed by atoms with E-state index < -0.39 is 0 Å². The Kier molecular flexibility index (Phi) is 8.17. The molecule has 0 bridgehead atoms. The molecule has 2 rings (SSSR count). The van der Waals surface area contributed by atoms with Gasteiger partial charge in [0, 0.05) is 43.0 Å². The Labute approximate surface area is 151 Å². The smallest absolute Gasteiger partial charge is 0.409 e. The van der Waals surface area contributed by atoms with E-state index in [4.69, 9.17) is 10.5 Å². The van der Waals surface area contributed by atoms with E-state index in [0.717, 1.165) is 29.4 Å². The molecule has 1 aromatic rings. The third kappa shape index (κ3) is 6.56. The standard InChI is InChI=1S/C15H25N5O2S2/c1-2-22-15(21)20-8-4-12(5-9-20)19-13(16)17-6-3-10-23-14-18-7-11-24-14/h7,11-12H,2-6,8-10H2,1H3,(H3,16,17,19). The molecule has 1 fully saturated rings. The van der Waals surface area contributed by atoms with E-state index in [1.165, 1.54) is 0 Å². The summed E-state index contributed by atoms with van der Waals surface area (Å²) in [5.74, 6) is 1.48. The molecule has 0 aromatic carbocycles. The molecule has 0 spiro atoms. The second-order valence-electron chi connectivity index (χ2n) is 5.37. The topological polar surface area (TPSA) is 92.8 Å². The Bertz CT molecular complexity index is 516. The van der Waals surface area contributed by atoms with Crippen LogP contribution in [0, 0.1) is 0 Å². The Morgan fingerprint density at radius 1 is 1.58 bits per heavy atom. The number of nitrogens with one attached hydrogen (secondary N) is 1. The number of amides is 1. The van der Waals surface area contributed by atoms with Crippen molar-refractivity contribution in [3.63, 3.8) is 0 Å². The maximum absolute atomic E-state index is 11.6. The number of thiazole rings is 1. The number of guanidine groups is 1. The highest BCUT2D eigenvalue weighted by Crippen LogP contribution is 2.20. The van der Waals surface area contributed by atoms with Crippen LogP contribution in [0.25, 0.3) is 0 Å². The van der Waals surface area contributed by atoms with E-state index in [-0.39, 0.29) is 12.1 Å². The molecule has 1 aromatic heterocycles. The SMILES string of the molecule is CCOC(=O)N1CCC(NC(N)=NCCCSc2nccs2)CC1. The van der Waals surface area contributed by atoms with Gasteiger partial charge in [-0.3, -0.25) is 4.99 Å². The number of carbonyl (C=O) groups excluding carboxylic acids is 1. The van der Waals surface area contributed by atoms with Crippen molar-refractivity contribution in [1.82, 2.24) is 15.2 Å². The second kappa shape index (κ2) is 10.4. The number of thioether (sulfide) groups is 1. The number of nitrogens with zero attached hydrogens (tertiary/aromatic N) is 3. The zero-order valence-electron chi connectivity index (χ0n) is 13.9. The van der Waals surface area contributed by atoms with Crippen molar-refractivity contribution in [3.05, 3.63) is 11.6 Å². The van der Waals surface area contributed by atoms with Crippen molar-refractivity contribution >= 4 is 35.2 Å². The predicted molar refractivity (Wildman–Crippen MR) is 98.7 cm³/mol. The third-order valence-corrected chi connectivity index (χ3v) is 5.65. The van der Waals surface area contributed by atoms with Crippen LogP contribution in [-0.4, -0.2) is 60.0 Å². The average molecular weight is 372 g/mol. The minimum absolute atomic E-state index is 0.227. The molecule has 134 valence electrons. The molecule has 0 unspecified atom stereocenters. The van der Waals surface area contributed by atoms with Crippen LogP contribution in [0.4, 0.5) is 4.79 Å². The monoisotopic (exact) mass is 371 g/mol. The first-order chi connectivity index (χ1) is 11.7. The molecule has 0 radical (unpaired) electrons. The van der Waals surface area contributed by atoms with Gasteiger partial charge in [-0.25, -0.2) is 9.78 Å². The van der Waals surface area contributed by atoms with E-state index >= 15 is 0 Å². The fraction of sp³-hybridized carbons (Fsp3) is 0.667. The molecular formula is C15H25N5O2S2. The summed E-state index contributed by atoms with van der Waals surface area (Å²) in [5.41, 5.74) is 5.94. The van der Waals surface area contributed by atoms with Gasteiger partial charge in [0.2, 0.25) is 0 Å². The van der Waals surface area contributed by atoms with Gasteiger partial charge in [-0.1, -0.05) is 11.8 Å². The van der Waals surface area contributed by atoms with E-state index in [9.17, 15) is 4.79 Å². The first-order valence-corrected chi connectivity index (χ1v) is 10.1. The second-order valence-corrected chi connectivity index (χ2v) is 7.61. The fourth-order valence-electron chi connectivity index (χ4n) is 2.38. The van der Waals surface area contributed by atoms with Crippen LogP contribution in [0.3, 0.4) is 0 Å². The van der Waals surface area contributed by atoms with E-state index in [2.05, 4.69) is 15.3 Å². The lowest BCUT2D eigenvalue weighted by Gasteiger charge is -2.31. The molecule has 3 N–H and O–H groups in total. The van der Waals surface area contributed by atoms with Crippen LogP contribution in [0.1, 0.15) is 26.2 Å². The largest absolute Gasteiger partial charge is 0.450 e. The van der Waals surface area contributed by atoms with E-state index in [1.807, 2.05) is 18.5 Å². The Hall–Kier alpha value is -1.48. The van der Waals surface area contributed by atoms with Gasteiger partial charge in [-0.15, -0.1) is 11.3 Å². The summed E-state index contributed by atoms with van der Waals surface area (Å²) in [6.45, 7) is 4.32. The highest BCUT2D eigenvalue weighted by Gasteiger charge is 2.23.